The Balaban J connectivity index is 1.85. The lowest BCUT2D eigenvalue weighted by Gasteiger charge is -2.28. The van der Waals surface area contributed by atoms with Crippen molar-refractivity contribution >= 4 is 5.91 Å². The molecular formula is C16H30N2O. The van der Waals surface area contributed by atoms with E-state index in [9.17, 15) is 4.79 Å². The smallest absolute Gasteiger partial charge is 0.224 e. The number of hydrogen-bond donors (Lipinski definition) is 2. The van der Waals surface area contributed by atoms with Crippen molar-refractivity contribution in [3.8, 4) is 0 Å². The second kappa shape index (κ2) is 7.28. The van der Waals surface area contributed by atoms with E-state index in [0.717, 1.165) is 19.3 Å². The van der Waals surface area contributed by atoms with Crippen LogP contribution in [0.25, 0.3) is 0 Å². The second-order valence-electron chi connectivity index (χ2n) is 6.60. The van der Waals surface area contributed by atoms with Gasteiger partial charge in [0.1, 0.15) is 0 Å². The molecule has 3 unspecified atom stereocenters. The van der Waals surface area contributed by atoms with E-state index in [-0.39, 0.29) is 17.9 Å². The molecule has 2 aliphatic carbocycles. The standard InChI is InChI=1S/C16H30N2O/c1-12(13-8-6-7-9-13)18-16(19)14-10-4-2-3-5-11-15(14)17/h12-15H,2-11,17H2,1H3,(H,18,19). The maximum atomic E-state index is 12.4. The Labute approximate surface area is 117 Å². The van der Waals surface area contributed by atoms with Crippen LogP contribution in [0, 0.1) is 11.8 Å². The van der Waals surface area contributed by atoms with Gasteiger partial charge in [0, 0.05) is 12.1 Å². The highest BCUT2D eigenvalue weighted by Crippen LogP contribution is 2.28. The van der Waals surface area contributed by atoms with Crippen molar-refractivity contribution in [3.05, 3.63) is 0 Å². The molecule has 110 valence electrons. The van der Waals surface area contributed by atoms with E-state index >= 15 is 0 Å². The highest BCUT2D eigenvalue weighted by Gasteiger charge is 2.29. The topological polar surface area (TPSA) is 55.1 Å². The minimum absolute atomic E-state index is 0.0455. The molecule has 2 fully saturated rings. The van der Waals surface area contributed by atoms with Crippen molar-refractivity contribution in [3.63, 3.8) is 0 Å². The minimum atomic E-state index is 0.0455. The van der Waals surface area contributed by atoms with Crippen LogP contribution in [-0.4, -0.2) is 18.0 Å². The normalized spacial score (nSPS) is 31.5. The van der Waals surface area contributed by atoms with Gasteiger partial charge in [0.05, 0.1) is 5.92 Å². The zero-order chi connectivity index (χ0) is 13.7. The fourth-order valence-electron chi connectivity index (χ4n) is 3.75. The van der Waals surface area contributed by atoms with Gasteiger partial charge in [0.2, 0.25) is 5.91 Å². The van der Waals surface area contributed by atoms with Gasteiger partial charge >= 0.3 is 0 Å². The summed E-state index contributed by atoms with van der Waals surface area (Å²) in [7, 11) is 0. The lowest BCUT2D eigenvalue weighted by molar-refractivity contribution is -0.127. The van der Waals surface area contributed by atoms with Gasteiger partial charge in [-0.3, -0.25) is 4.79 Å². The van der Waals surface area contributed by atoms with E-state index in [2.05, 4.69) is 12.2 Å². The fraction of sp³-hybridized carbons (Fsp3) is 0.938. The molecule has 0 aromatic carbocycles. The molecule has 3 nitrogen and oxygen atoms in total. The molecule has 0 heterocycles. The Bertz CT molecular complexity index is 286. The quantitative estimate of drug-likeness (QED) is 0.825. The summed E-state index contributed by atoms with van der Waals surface area (Å²) < 4.78 is 0. The zero-order valence-electron chi connectivity index (χ0n) is 12.4. The monoisotopic (exact) mass is 266 g/mol. The van der Waals surface area contributed by atoms with Crippen LogP contribution in [0.4, 0.5) is 0 Å². The van der Waals surface area contributed by atoms with Crippen LogP contribution in [0.5, 0.6) is 0 Å². The molecule has 0 aliphatic heterocycles. The lowest BCUT2D eigenvalue weighted by atomic mass is 9.86. The minimum Gasteiger partial charge on any atom is -0.353 e. The van der Waals surface area contributed by atoms with Gasteiger partial charge in [-0.05, 0) is 38.5 Å². The molecule has 1 amide bonds. The first kappa shape index (κ1) is 14.8. The summed E-state index contributed by atoms with van der Waals surface area (Å²) in [6.07, 6.45) is 12.1. The van der Waals surface area contributed by atoms with Gasteiger partial charge < -0.3 is 11.1 Å². The van der Waals surface area contributed by atoms with Gasteiger partial charge in [-0.2, -0.15) is 0 Å². The summed E-state index contributed by atoms with van der Waals surface area (Å²) in [6, 6.07) is 0.392. The number of amides is 1. The van der Waals surface area contributed by atoms with Crippen molar-refractivity contribution in [1.82, 2.24) is 5.32 Å². The van der Waals surface area contributed by atoms with Gasteiger partial charge in [-0.15, -0.1) is 0 Å². The Hall–Kier alpha value is -0.570. The van der Waals surface area contributed by atoms with E-state index in [1.165, 1.54) is 44.9 Å². The molecule has 3 N–H and O–H groups in total. The molecule has 0 bridgehead atoms. The van der Waals surface area contributed by atoms with Crippen LogP contribution < -0.4 is 11.1 Å². The largest absolute Gasteiger partial charge is 0.353 e. The average Bonchev–Trinajstić information content (AvgIpc) is 2.87. The molecule has 19 heavy (non-hydrogen) atoms. The third kappa shape index (κ3) is 4.20. The van der Waals surface area contributed by atoms with Crippen molar-refractivity contribution in [2.75, 3.05) is 0 Å². The molecule has 2 rings (SSSR count). The molecule has 0 radical (unpaired) electrons. The lowest BCUT2D eigenvalue weighted by Crippen LogP contribution is -2.46. The second-order valence-corrected chi connectivity index (χ2v) is 6.60. The van der Waals surface area contributed by atoms with Crippen LogP contribution in [0.15, 0.2) is 0 Å². The van der Waals surface area contributed by atoms with Crippen LogP contribution >= 0.6 is 0 Å². The number of carbonyl (C=O) groups excluding carboxylic acids is 1. The van der Waals surface area contributed by atoms with Gasteiger partial charge in [-0.25, -0.2) is 0 Å². The third-order valence-corrected chi connectivity index (χ3v) is 5.13. The first-order valence-electron chi connectivity index (χ1n) is 8.24. The van der Waals surface area contributed by atoms with Crippen molar-refractivity contribution in [1.29, 1.82) is 0 Å². The van der Waals surface area contributed by atoms with Crippen molar-refractivity contribution in [2.45, 2.75) is 83.2 Å². The van der Waals surface area contributed by atoms with E-state index in [1.54, 1.807) is 0 Å². The number of carbonyl (C=O) groups is 1. The molecule has 0 saturated heterocycles. The Kier molecular flexibility index (Phi) is 5.68. The molecule has 2 aliphatic rings. The Morgan fingerprint density at radius 1 is 1.00 bits per heavy atom. The molecule has 2 saturated carbocycles. The van der Waals surface area contributed by atoms with Crippen molar-refractivity contribution in [2.24, 2.45) is 17.6 Å². The summed E-state index contributed by atoms with van der Waals surface area (Å²) in [4.78, 5) is 12.4. The fourth-order valence-corrected chi connectivity index (χ4v) is 3.75. The number of nitrogens with one attached hydrogen (secondary N) is 1. The molecule has 0 aromatic rings. The van der Waals surface area contributed by atoms with Gasteiger partial charge in [0.25, 0.3) is 0 Å². The molecule has 3 atom stereocenters. The summed E-state index contributed by atoms with van der Waals surface area (Å²) in [5.74, 6) is 0.951. The average molecular weight is 266 g/mol. The molecule has 3 heteroatoms. The highest BCUT2D eigenvalue weighted by molar-refractivity contribution is 5.79. The number of hydrogen-bond acceptors (Lipinski definition) is 2. The van der Waals surface area contributed by atoms with Crippen molar-refractivity contribution < 1.29 is 4.79 Å². The molecule has 0 spiro atoms. The van der Waals surface area contributed by atoms with Crippen LogP contribution in [0.1, 0.15) is 71.1 Å². The van der Waals surface area contributed by atoms with Gasteiger partial charge in [-0.1, -0.05) is 38.5 Å². The van der Waals surface area contributed by atoms with Crippen LogP contribution in [0.2, 0.25) is 0 Å². The number of rotatable bonds is 3. The molecular weight excluding hydrogens is 236 g/mol. The SMILES string of the molecule is CC(NC(=O)C1CCCCCCC1N)C1CCCC1. The predicted octanol–water partition coefficient (Wildman–Crippen LogP) is 2.98. The van der Waals surface area contributed by atoms with E-state index in [1.807, 2.05) is 0 Å². The molecule has 0 aromatic heterocycles. The predicted molar refractivity (Wildman–Crippen MR) is 78.7 cm³/mol. The van der Waals surface area contributed by atoms with E-state index < -0.39 is 0 Å². The zero-order valence-corrected chi connectivity index (χ0v) is 12.4. The first-order chi connectivity index (χ1) is 9.18. The van der Waals surface area contributed by atoms with E-state index in [0.29, 0.717) is 12.0 Å². The number of nitrogens with two attached hydrogens (primary N) is 1. The van der Waals surface area contributed by atoms with Gasteiger partial charge in [0.15, 0.2) is 0 Å². The van der Waals surface area contributed by atoms with E-state index in [4.69, 9.17) is 5.73 Å². The summed E-state index contributed by atoms with van der Waals surface area (Å²) in [5, 5.41) is 3.25. The van der Waals surface area contributed by atoms with Crippen LogP contribution in [0.3, 0.4) is 0 Å². The summed E-state index contributed by atoms with van der Waals surface area (Å²) in [6.45, 7) is 2.17. The summed E-state index contributed by atoms with van der Waals surface area (Å²) >= 11 is 0. The first-order valence-corrected chi connectivity index (χ1v) is 8.24. The summed E-state index contributed by atoms with van der Waals surface area (Å²) in [5.41, 5.74) is 6.22. The third-order valence-electron chi connectivity index (χ3n) is 5.13. The Morgan fingerprint density at radius 2 is 1.58 bits per heavy atom. The highest BCUT2D eigenvalue weighted by atomic mass is 16.2. The van der Waals surface area contributed by atoms with Crippen LogP contribution in [-0.2, 0) is 4.79 Å². The Morgan fingerprint density at radius 3 is 2.26 bits per heavy atom. The maximum absolute atomic E-state index is 12.4. The maximum Gasteiger partial charge on any atom is 0.224 e.